The van der Waals surface area contributed by atoms with Gasteiger partial charge < -0.3 is 35.3 Å². The van der Waals surface area contributed by atoms with Crippen LogP contribution in [0.4, 0.5) is 0 Å². The normalized spacial score (nSPS) is 15.6. The first-order valence-corrected chi connectivity index (χ1v) is 16.6. The molecule has 0 spiro atoms. The molecule has 3 amide bonds. The number of hydrogen-bond donors (Lipinski definition) is 5. The lowest BCUT2D eigenvalue weighted by Crippen LogP contribution is -2.50. The fourth-order valence-corrected chi connectivity index (χ4v) is 5.17. The van der Waals surface area contributed by atoms with Gasteiger partial charge in [-0.25, -0.2) is 4.57 Å². The second kappa shape index (κ2) is 19.6. The van der Waals surface area contributed by atoms with Crippen molar-refractivity contribution in [3.05, 3.63) is 36.0 Å². The van der Waals surface area contributed by atoms with Crippen LogP contribution < -0.4 is 16.0 Å². The third-order valence-corrected chi connectivity index (χ3v) is 8.21. The Morgan fingerprint density at radius 3 is 2.52 bits per heavy atom. The average molecular weight is 641 g/mol. The lowest BCUT2D eigenvalue weighted by atomic mass is 9.98. The molecule has 2 rings (SSSR count). The number of phosphoric ester groups is 1. The first kappa shape index (κ1) is 37.4. The van der Waals surface area contributed by atoms with Crippen molar-refractivity contribution >= 4 is 36.4 Å². The van der Waals surface area contributed by atoms with E-state index in [4.69, 9.17) is 18.5 Å². The molecule has 1 aromatic heterocycles. The monoisotopic (exact) mass is 640 g/mol. The summed E-state index contributed by atoms with van der Waals surface area (Å²) in [5.74, 6) is -1.11. The summed E-state index contributed by atoms with van der Waals surface area (Å²) in [5.41, 5.74) is 2.19. The highest BCUT2D eigenvalue weighted by Gasteiger charge is 2.27. The summed E-state index contributed by atoms with van der Waals surface area (Å²) >= 11 is 0. The lowest BCUT2D eigenvalue weighted by molar-refractivity contribution is -0.130. The van der Waals surface area contributed by atoms with E-state index in [0.29, 0.717) is 25.9 Å². The summed E-state index contributed by atoms with van der Waals surface area (Å²) < 4.78 is 33.1. The number of phosphoric acid groups is 1. The number of nitrogens with one attached hydrogen (secondary N) is 4. The van der Waals surface area contributed by atoms with Crippen molar-refractivity contribution in [1.82, 2.24) is 20.9 Å². The second-order valence-electron chi connectivity index (χ2n) is 10.8. The molecule has 5 N–H and O–H groups in total. The summed E-state index contributed by atoms with van der Waals surface area (Å²) in [6.45, 7) is 6.76. The van der Waals surface area contributed by atoms with Gasteiger partial charge in [0.25, 0.3) is 0 Å². The fraction of sp³-hybridized carbons (Fsp3) is 0.633. The van der Waals surface area contributed by atoms with Crippen LogP contribution in [0.2, 0.25) is 0 Å². The molecule has 5 atom stereocenters. The number of fused-ring (bicyclic) bond motifs is 1. The van der Waals surface area contributed by atoms with Crippen LogP contribution in [0.25, 0.3) is 10.9 Å². The van der Waals surface area contributed by atoms with Gasteiger partial charge in [0.1, 0.15) is 6.04 Å². The summed E-state index contributed by atoms with van der Waals surface area (Å²) in [5, 5.41) is 9.24. The number of benzene rings is 1. The average Bonchev–Trinajstić information content (AvgIpc) is 3.41. The number of carbonyl (C=O) groups is 3. The molecule has 0 aliphatic heterocycles. The van der Waals surface area contributed by atoms with E-state index in [0.717, 1.165) is 22.9 Å². The maximum absolute atomic E-state index is 12.9. The molecule has 0 radical (unpaired) electrons. The van der Waals surface area contributed by atoms with Crippen molar-refractivity contribution in [2.75, 3.05) is 40.1 Å². The van der Waals surface area contributed by atoms with Gasteiger partial charge in [0.2, 0.25) is 17.7 Å². The van der Waals surface area contributed by atoms with Crippen molar-refractivity contribution in [3.8, 4) is 0 Å². The maximum atomic E-state index is 12.9. The van der Waals surface area contributed by atoms with Crippen LogP contribution in [-0.2, 0) is 43.9 Å². The molecule has 248 valence electrons. The van der Waals surface area contributed by atoms with Crippen molar-refractivity contribution in [3.63, 3.8) is 0 Å². The number of carbonyl (C=O) groups excluding carboxylic acids is 3. The van der Waals surface area contributed by atoms with Crippen molar-refractivity contribution < 1.29 is 42.4 Å². The minimum Gasteiger partial charge on any atom is -0.382 e. The maximum Gasteiger partial charge on any atom is 0.472 e. The molecule has 13 nitrogen and oxygen atoms in total. The number of para-hydroxylation sites is 1. The molecule has 0 bridgehead atoms. The Kier molecular flexibility index (Phi) is 16.6. The number of ether oxygens (including phenoxy) is 2. The lowest BCUT2D eigenvalue weighted by Gasteiger charge is -2.24. The van der Waals surface area contributed by atoms with Gasteiger partial charge in [-0.2, -0.15) is 0 Å². The van der Waals surface area contributed by atoms with E-state index in [1.807, 2.05) is 51.2 Å². The van der Waals surface area contributed by atoms with Crippen molar-refractivity contribution in [1.29, 1.82) is 0 Å². The minimum absolute atomic E-state index is 0.00955. The van der Waals surface area contributed by atoms with Gasteiger partial charge in [0.15, 0.2) is 0 Å². The Hall–Kier alpha value is -2.80. The SMILES string of the molecule is CC[C@H](C)[C@H](NC(=O)CCCc1c[nH]c2ccccc12)C(=O)NCCOP(=O)(O)OCC(COCC[C@@H](C)OC)NC(C)=O. The van der Waals surface area contributed by atoms with Crippen LogP contribution >= 0.6 is 7.82 Å². The van der Waals surface area contributed by atoms with Crippen LogP contribution in [0.5, 0.6) is 0 Å². The number of aromatic amines is 1. The highest BCUT2D eigenvalue weighted by atomic mass is 31.2. The molecule has 0 fully saturated rings. The molecule has 0 aliphatic rings. The Labute approximate surface area is 259 Å². The number of H-pyrrole nitrogens is 1. The molecule has 1 heterocycles. The van der Waals surface area contributed by atoms with Gasteiger partial charge in [0, 0.05) is 50.7 Å². The van der Waals surface area contributed by atoms with E-state index in [9.17, 15) is 23.8 Å². The smallest absolute Gasteiger partial charge is 0.382 e. The largest absolute Gasteiger partial charge is 0.472 e. The zero-order valence-electron chi connectivity index (χ0n) is 26.4. The van der Waals surface area contributed by atoms with Crippen LogP contribution in [0, 0.1) is 5.92 Å². The number of amides is 3. The van der Waals surface area contributed by atoms with Gasteiger partial charge in [-0.05, 0) is 43.7 Å². The fourth-order valence-electron chi connectivity index (χ4n) is 4.40. The Morgan fingerprint density at radius 2 is 1.82 bits per heavy atom. The molecule has 2 unspecified atom stereocenters. The molecule has 0 saturated heterocycles. The van der Waals surface area contributed by atoms with Gasteiger partial charge >= 0.3 is 7.82 Å². The summed E-state index contributed by atoms with van der Waals surface area (Å²) in [6.07, 6.45) is 4.90. The molecular formula is C30H49N4O9P. The quantitative estimate of drug-likeness (QED) is 0.0955. The zero-order valence-corrected chi connectivity index (χ0v) is 27.3. The molecule has 0 aliphatic carbocycles. The topological polar surface area (TPSA) is 177 Å². The minimum atomic E-state index is -4.48. The van der Waals surface area contributed by atoms with E-state index >= 15 is 0 Å². The number of rotatable bonds is 22. The Balaban J connectivity index is 1.75. The van der Waals surface area contributed by atoms with Gasteiger partial charge in [0.05, 0.1) is 32.0 Å². The molecule has 2 aromatic rings. The standard InChI is InChI=1S/C30H49N4O9P/c1-6-21(2)29(34-28(36)13-9-10-24-18-32-27-12-8-7-11-26(24)27)30(37)31-15-17-42-44(38,39)43-20-25(33-23(4)35)19-41-16-14-22(3)40-5/h7-8,11-12,18,21-22,25,29,32H,6,9-10,13-17,19-20H2,1-5H3,(H,31,37)(H,33,35)(H,34,36)(H,38,39)/t21-,22+,25?,29-/m0/s1. The van der Waals surface area contributed by atoms with Crippen molar-refractivity contribution in [2.45, 2.75) is 78.0 Å². The summed E-state index contributed by atoms with van der Waals surface area (Å²) in [7, 11) is -2.88. The van der Waals surface area contributed by atoms with Crippen molar-refractivity contribution in [2.24, 2.45) is 5.92 Å². The molecular weight excluding hydrogens is 591 g/mol. The van der Waals surface area contributed by atoms with Crippen LogP contribution in [0.3, 0.4) is 0 Å². The molecule has 14 heteroatoms. The highest BCUT2D eigenvalue weighted by molar-refractivity contribution is 7.47. The Bertz CT molecular complexity index is 1220. The molecule has 1 aromatic carbocycles. The summed E-state index contributed by atoms with van der Waals surface area (Å²) in [4.78, 5) is 50.4. The van der Waals surface area contributed by atoms with Gasteiger partial charge in [-0.15, -0.1) is 0 Å². The van der Waals surface area contributed by atoms with Gasteiger partial charge in [-0.1, -0.05) is 38.5 Å². The van der Waals surface area contributed by atoms with Gasteiger partial charge in [-0.3, -0.25) is 23.4 Å². The van der Waals surface area contributed by atoms with Crippen LogP contribution in [0.1, 0.15) is 58.9 Å². The first-order valence-electron chi connectivity index (χ1n) is 15.1. The Morgan fingerprint density at radius 1 is 1.07 bits per heavy atom. The third kappa shape index (κ3) is 13.9. The van der Waals surface area contributed by atoms with E-state index in [1.54, 1.807) is 7.11 Å². The molecule has 0 saturated carbocycles. The highest BCUT2D eigenvalue weighted by Crippen LogP contribution is 2.42. The van der Waals surface area contributed by atoms with E-state index in [-0.39, 0.29) is 56.6 Å². The number of methoxy groups -OCH3 is 1. The van der Waals surface area contributed by atoms with E-state index < -0.39 is 25.8 Å². The predicted octanol–water partition coefficient (Wildman–Crippen LogP) is 3.22. The first-order chi connectivity index (χ1) is 21.0. The summed E-state index contributed by atoms with van der Waals surface area (Å²) in [6, 6.07) is 6.56. The molecule has 44 heavy (non-hydrogen) atoms. The van der Waals surface area contributed by atoms with Crippen LogP contribution in [0.15, 0.2) is 30.5 Å². The number of hydrogen-bond acceptors (Lipinski definition) is 8. The third-order valence-electron chi connectivity index (χ3n) is 7.23. The van der Waals surface area contributed by atoms with E-state index in [1.165, 1.54) is 6.92 Å². The number of aromatic nitrogens is 1. The predicted molar refractivity (Wildman–Crippen MR) is 167 cm³/mol. The number of aryl methyl sites for hydroxylation is 1. The second-order valence-corrected chi connectivity index (χ2v) is 12.3. The van der Waals surface area contributed by atoms with Crippen LogP contribution in [-0.4, -0.2) is 85.9 Å². The zero-order chi connectivity index (χ0) is 32.5. The van der Waals surface area contributed by atoms with E-state index in [2.05, 4.69) is 20.9 Å².